The van der Waals surface area contributed by atoms with Crippen LogP contribution in [0.25, 0.3) is 0 Å². The third-order valence-corrected chi connectivity index (χ3v) is 6.32. The first-order valence-electron chi connectivity index (χ1n) is 10.2. The van der Waals surface area contributed by atoms with Crippen molar-refractivity contribution in [3.63, 3.8) is 0 Å². The van der Waals surface area contributed by atoms with E-state index >= 15 is 0 Å². The van der Waals surface area contributed by atoms with Gasteiger partial charge in [-0.05, 0) is 43.7 Å². The van der Waals surface area contributed by atoms with Gasteiger partial charge in [0, 0.05) is 35.7 Å². The molecule has 3 aliphatic rings. The summed E-state index contributed by atoms with van der Waals surface area (Å²) >= 11 is 6.28. The second kappa shape index (κ2) is 7.67. The quantitative estimate of drug-likeness (QED) is 0.655. The third kappa shape index (κ3) is 3.58. The van der Waals surface area contributed by atoms with Crippen LogP contribution in [0, 0.1) is 5.82 Å². The van der Waals surface area contributed by atoms with Gasteiger partial charge in [-0.15, -0.1) is 0 Å². The van der Waals surface area contributed by atoms with Crippen molar-refractivity contribution in [1.82, 2.24) is 15.3 Å². The van der Waals surface area contributed by atoms with Gasteiger partial charge in [-0.25, -0.2) is 14.4 Å². The van der Waals surface area contributed by atoms with E-state index in [-0.39, 0.29) is 17.8 Å². The number of hydrogen-bond donors (Lipinski definition) is 3. The predicted octanol–water partition coefficient (Wildman–Crippen LogP) is 2.63. The maximum atomic E-state index is 14.4. The van der Waals surface area contributed by atoms with Crippen molar-refractivity contribution in [2.45, 2.75) is 37.5 Å². The molecule has 0 bridgehead atoms. The number of nitrogens with zero attached hydrogens (tertiary/aromatic N) is 4. The number of halogens is 2. The zero-order chi connectivity index (χ0) is 21.6. The van der Waals surface area contributed by atoms with Gasteiger partial charge in [-0.3, -0.25) is 4.90 Å². The minimum Gasteiger partial charge on any atom is -0.465 e. The first kappa shape index (κ1) is 20.0. The van der Waals surface area contributed by atoms with Gasteiger partial charge in [-0.1, -0.05) is 17.7 Å². The van der Waals surface area contributed by atoms with Crippen LogP contribution in [0.15, 0.2) is 62.9 Å². The fourth-order valence-corrected chi connectivity index (χ4v) is 4.73. The molecule has 162 valence electrons. The number of rotatable bonds is 5. The monoisotopic (exact) mass is 443 g/mol. The number of benzene rings is 1. The number of guanidine groups is 1. The van der Waals surface area contributed by atoms with Gasteiger partial charge < -0.3 is 15.9 Å². The van der Waals surface area contributed by atoms with Gasteiger partial charge in [0.25, 0.3) is 0 Å². The molecule has 1 saturated heterocycles. The Bertz CT molecular complexity index is 1060. The number of hydrazine groups is 1. The second-order valence-electron chi connectivity index (χ2n) is 7.96. The molecular formula is C21H23ClFN7O. The van der Waals surface area contributed by atoms with E-state index in [0.717, 1.165) is 19.4 Å². The number of hydrogen-bond acceptors (Lipinski definition) is 8. The molecule has 1 aromatic heterocycles. The lowest BCUT2D eigenvalue weighted by molar-refractivity contribution is 0.146. The smallest absolute Gasteiger partial charge is 0.218 e. The molecule has 0 spiro atoms. The zero-order valence-electron chi connectivity index (χ0n) is 16.8. The molecule has 2 unspecified atom stereocenters. The molecule has 0 saturated carbocycles. The van der Waals surface area contributed by atoms with E-state index in [9.17, 15) is 4.39 Å². The van der Waals surface area contributed by atoms with E-state index in [2.05, 4.69) is 15.3 Å². The Morgan fingerprint density at radius 2 is 2.16 bits per heavy atom. The molecule has 0 amide bonds. The van der Waals surface area contributed by atoms with E-state index in [1.54, 1.807) is 29.5 Å². The Hall–Kier alpha value is -2.88. The average molecular weight is 444 g/mol. The topological polar surface area (TPSA) is 108 Å². The molecule has 10 heteroatoms. The molecule has 2 aromatic rings. The van der Waals surface area contributed by atoms with Crippen molar-refractivity contribution in [2.75, 3.05) is 6.54 Å². The Kier molecular flexibility index (Phi) is 4.96. The van der Waals surface area contributed by atoms with Gasteiger partial charge >= 0.3 is 0 Å². The van der Waals surface area contributed by atoms with E-state index in [0.29, 0.717) is 41.0 Å². The second-order valence-corrected chi connectivity index (χ2v) is 8.37. The molecule has 1 aromatic carbocycles. The van der Waals surface area contributed by atoms with E-state index < -0.39 is 5.66 Å². The summed E-state index contributed by atoms with van der Waals surface area (Å²) in [6.45, 7) is 1.28. The number of fused-ring (bicyclic) bond motifs is 1. The van der Waals surface area contributed by atoms with Gasteiger partial charge in [0.05, 0.1) is 6.26 Å². The van der Waals surface area contributed by atoms with Crippen molar-refractivity contribution in [3.05, 3.63) is 70.7 Å². The first-order valence-corrected chi connectivity index (χ1v) is 10.5. The van der Waals surface area contributed by atoms with Gasteiger partial charge in [0.2, 0.25) is 5.96 Å². The fraction of sp³-hybridized carbons (Fsp3) is 0.333. The van der Waals surface area contributed by atoms with Crippen molar-refractivity contribution < 1.29 is 8.81 Å². The fourth-order valence-electron chi connectivity index (χ4n) is 4.51. The summed E-state index contributed by atoms with van der Waals surface area (Å²) in [5.41, 5.74) is 14.9. The molecule has 3 aliphatic heterocycles. The van der Waals surface area contributed by atoms with Crippen LogP contribution in [0.2, 0.25) is 5.02 Å². The van der Waals surface area contributed by atoms with Crippen LogP contribution in [0.1, 0.15) is 30.6 Å². The molecule has 0 aliphatic carbocycles. The van der Waals surface area contributed by atoms with Crippen molar-refractivity contribution in [3.8, 4) is 0 Å². The summed E-state index contributed by atoms with van der Waals surface area (Å²) in [6.07, 6.45) is 5.82. The average Bonchev–Trinajstić information content (AvgIpc) is 3.46. The highest BCUT2D eigenvalue weighted by molar-refractivity contribution is 6.31. The summed E-state index contributed by atoms with van der Waals surface area (Å²) in [4.78, 5) is 11.3. The van der Waals surface area contributed by atoms with Crippen molar-refractivity contribution in [1.29, 1.82) is 0 Å². The van der Waals surface area contributed by atoms with E-state index in [4.69, 9.17) is 32.5 Å². The van der Waals surface area contributed by atoms with E-state index in [1.165, 1.54) is 6.07 Å². The summed E-state index contributed by atoms with van der Waals surface area (Å²) < 4.78 is 20.2. The number of nitrogens with two attached hydrogens (primary N) is 2. The molecular weight excluding hydrogens is 421 g/mol. The molecule has 0 radical (unpaired) electrons. The lowest BCUT2D eigenvalue weighted by atomic mass is 9.96. The van der Waals surface area contributed by atoms with Crippen molar-refractivity contribution in [2.24, 2.45) is 21.5 Å². The minimum absolute atomic E-state index is 0.124. The highest BCUT2D eigenvalue weighted by atomic mass is 35.5. The SMILES string of the molecule is NC1=CC2=NC(CC3CCCN3Cc3c(F)cccc3Cl)(c3ccco3)NN2C(N)=N1. The molecule has 4 heterocycles. The van der Waals surface area contributed by atoms with Crippen LogP contribution >= 0.6 is 11.6 Å². The van der Waals surface area contributed by atoms with Crippen LogP contribution in [0.4, 0.5) is 4.39 Å². The maximum absolute atomic E-state index is 14.4. The van der Waals surface area contributed by atoms with E-state index in [1.807, 2.05) is 12.1 Å². The number of aliphatic imine (C=N–C) groups is 2. The molecule has 1 fully saturated rings. The molecule has 5 rings (SSSR count). The standard InChI is InChI=1S/C21H23ClFN7O/c22-15-5-1-6-16(23)14(15)12-29-8-2-4-13(29)11-21(17-7-3-9-31-17)27-19-10-18(24)26-20(25)30(19)28-21/h1,3,5-7,9-10,13,28H,2,4,8,11-12,24H2,(H2,25,26). The van der Waals surface area contributed by atoms with Gasteiger partial charge in [-0.2, -0.15) is 10.4 Å². The van der Waals surface area contributed by atoms with Gasteiger partial charge in [0.1, 0.15) is 17.4 Å². The molecule has 5 N–H and O–H groups in total. The van der Waals surface area contributed by atoms with Crippen LogP contribution < -0.4 is 16.9 Å². The Balaban J connectivity index is 1.45. The summed E-state index contributed by atoms with van der Waals surface area (Å²) in [7, 11) is 0. The lowest BCUT2D eigenvalue weighted by Gasteiger charge is -2.33. The summed E-state index contributed by atoms with van der Waals surface area (Å²) in [6, 6.07) is 8.61. The Labute approximate surface area is 184 Å². The third-order valence-electron chi connectivity index (χ3n) is 5.96. The lowest BCUT2D eigenvalue weighted by Crippen LogP contribution is -2.54. The van der Waals surface area contributed by atoms with Crippen LogP contribution in [-0.2, 0) is 12.2 Å². The highest BCUT2D eigenvalue weighted by Gasteiger charge is 2.47. The normalized spacial score (nSPS) is 25.9. The number of amidine groups is 1. The van der Waals surface area contributed by atoms with Crippen molar-refractivity contribution >= 4 is 23.4 Å². The van der Waals surface area contributed by atoms with Crippen LogP contribution in [0.3, 0.4) is 0 Å². The summed E-state index contributed by atoms with van der Waals surface area (Å²) in [5, 5.41) is 2.05. The summed E-state index contributed by atoms with van der Waals surface area (Å²) in [5.74, 6) is 1.45. The molecule has 2 atom stereocenters. The largest absolute Gasteiger partial charge is 0.465 e. The highest BCUT2D eigenvalue weighted by Crippen LogP contribution is 2.38. The first-order chi connectivity index (χ1) is 14.9. The predicted molar refractivity (Wildman–Crippen MR) is 116 cm³/mol. The maximum Gasteiger partial charge on any atom is 0.218 e. The number of nitrogens with one attached hydrogen (secondary N) is 1. The zero-order valence-corrected chi connectivity index (χ0v) is 17.5. The van der Waals surface area contributed by atoms with Crippen LogP contribution in [-0.4, -0.2) is 34.3 Å². The number of furan rings is 1. The molecule has 31 heavy (non-hydrogen) atoms. The Morgan fingerprint density at radius 3 is 2.94 bits per heavy atom. The van der Waals surface area contributed by atoms with Crippen LogP contribution in [0.5, 0.6) is 0 Å². The van der Waals surface area contributed by atoms with Gasteiger partial charge in [0.15, 0.2) is 11.5 Å². The molecule has 8 nitrogen and oxygen atoms in total. The number of likely N-dealkylation sites (tertiary alicyclic amines) is 1. The Morgan fingerprint density at radius 1 is 1.29 bits per heavy atom. The minimum atomic E-state index is -0.883.